The summed E-state index contributed by atoms with van der Waals surface area (Å²) in [5.74, 6) is -1.31. The molecule has 0 saturated heterocycles. The van der Waals surface area contributed by atoms with Gasteiger partial charge in [-0.15, -0.1) is 0 Å². The fourth-order valence-electron chi connectivity index (χ4n) is 3.34. The highest BCUT2D eigenvalue weighted by molar-refractivity contribution is 4.95. The minimum absolute atomic E-state index is 0.0107. The lowest BCUT2D eigenvalue weighted by Crippen LogP contribution is -2.57. The Morgan fingerprint density at radius 1 is 0.652 bits per heavy atom. The van der Waals surface area contributed by atoms with Crippen molar-refractivity contribution in [1.82, 2.24) is 0 Å². The van der Waals surface area contributed by atoms with Gasteiger partial charge < -0.3 is 45.6 Å². The van der Waals surface area contributed by atoms with Crippen LogP contribution >= 0.6 is 0 Å². The van der Waals surface area contributed by atoms with E-state index in [9.17, 15) is 40.9 Å². The van der Waals surface area contributed by atoms with Crippen LogP contribution in [0.5, 0.6) is 0 Å². The Labute approximate surface area is 133 Å². The summed E-state index contributed by atoms with van der Waals surface area (Å²) in [7, 11) is 0. The zero-order chi connectivity index (χ0) is 17.3. The second-order valence-electron chi connectivity index (χ2n) is 6.56. The van der Waals surface area contributed by atoms with E-state index in [1.807, 2.05) is 0 Å². The molecule has 2 saturated carbocycles. The molecule has 0 unspecified atom stereocenters. The number of aliphatic hydroxyl groups is 8. The number of ether oxygens (including phenoxy) is 1. The molecule has 2 fully saturated rings. The van der Waals surface area contributed by atoms with Crippen molar-refractivity contribution in [3.63, 3.8) is 0 Å². The van der Waals surface area contributed by atoms with Gasteiger partial charge in [0.1, 0.15) is 24.4 Å². The van der Waals surface area contributed by atoms with Crippen molar-refractivity contribution < 1.29 is 45.6 Å². The number of aliphatic hydroxyl groups excluding tert-OH is 8. The molecule has 8 N–H and O–H groups in total. The van der Waals surface area contributed by atoms with Crippen molar-refractivity contribution in [3.05, 3.63) is 0 Å². The summed E-state index contributed by atoms with van der Waals surface area (Å²) in [6.45, 7) is -0.495. The van der Waals surface area contributed by atoms with Gasteiger partial charge in [0.2, 0.25) is 0 Å². The van der Waals surface area contributed by atoms with E-state index in [0.29, 0.717) is 0 Å². The molecule has 0 aliphatic heterocycles. The van der Waals surface area contributed by atoms with Gasteiger partial charge in [-0.2, -0.15) is 0 Å². The monoisotopic (exact) mass is 338 g/mol. The lowest BCUT2D eigenvalue weighted by atomic mass is 9.80. The molecule has 0 heterocycles. The Balaban J connectivity index is 1.94. The van der Waals surface area contributed by atoms with Crippen molar-refractivity contribution in [2.45, 2.75) is 61.7 Å². The van der Waals surface area contributed by atoms with Gasteiger partial charge in [-0.1, -0.05) is 0 Å². The molecule has 0 spiro atoms. The molecule has 0 bridgehead atoms. The summed E-state index contributed by atoms with van der Waals surface area (Å²) in [6.07, 6.45) is -10.2. The molecule has 10 atom stereocenters. The van der Waals surface area contributed by atoms with Gasteiger partial charge in [-0.3, -0.25) is 0 Å². The molecule has 9 nitrogen and oxygen atoms in total. The van der Waals surface area contributed by atoms with E-state index in [-0.39, 0.29) is 26.1 Å². The maximum atomic E-state index is 9.94. The topological polar surface area (TPSA) is 171 Å². The highest BCUT2D eigenvalue weighted by Crippen LogP contribution is 2.30. The van der Waals surface area contributed by atoms with Crippen molar-refractivity contribution >= 4 is 0 Å². The summed E-state index contributed by atoms with van der Waals surface area (Å²) in [5.41, 5.74) is 0. The third kappa shape index (κ3) is 3.84. The van der Waals surface area contributed by atoms with Gasteiger partial charge in [0.25, 0.3) is 0 Å². The Kier molecular flexibility index (Phi) is 6.34. The molecule has 2 aliphatic rings. The second kappa shape index (κ2) is 7.68. The maximum Gasteiger partial charge on any atom is 0.109 e. The van der Waals surface area contributed by atoms with Crippen LogP contribution in [0.1, 0.15) is 12.8 Å². The molecular formula is C14H26O9. The van der Waals surface area contributed by atoms with Crippen LogP contribution in [0.4, 0.5) is 0 Å². The standard InChI is InChI=1S/C14H26O9/c15-3-5-2-8(12(20)14(22)9(5)17)23-4-6-1-7(16)11(19)13(21)10(6)18/h5-22H,1-4H2/t5-,6-,7-,8+,9-,10-,11+,12+,13+,14+/m1/s1. The molecular weight excluding hydrogens is 312 g/mol. The second-order valence-corrected chi connectivity index (χ2v) is 6.56. The Hall–Kier alpha value is -0.360. The van der Waals surface area contributed by atoms with Crippen LogP contribution < -0.4 is 0 Å². The molecule has 2 rings (SSSR count). The Morgan fingerprint density at radius 3 is 1.83 bits per heavy atom. The van der Waals surface area contributed by atoms with Crippen LogP contribution in [0.25, 0.3) is 0 Å². The van der Waals surface area contributed by atoms with Crippen molar-refractivity contribution in [2.75, 3.05) is 13.2 Å². The molecule has 23 heavy (non-hydrogen) atoms. The smallest absolute Gasteiger partial charge is 0.109 e. The van der Waals surface area contributed by atoms with Crippen molar-refractivity contribution in [3.8, 4) is 0 Å². The van der Waals surface area contributed by atoms with E-state index in [4.69, 9.17) is 4.74 Å². The quantitative estimate of drug-likeness (QED) is 0.254. The minimum atomic E-state index is -1.50. The summed E-state index contributed by atoms with van der Waals surface area (Å²) in [6, 6.07) is 0. The molecule has 0 amide bonds. The van der Waals surface area contributed by atoms with Gasteiger partial charge in [0.15, 0.2) is 0 Å². The van der Waals surface area contributed by atoms with Crippen LogP contribution in [-0.4, -0.2) is 103 Å². The average Bonchev–Trinajstić information content (AvgIpc) is 2.54. The molecule has 0 aromatic carbocycles. The first-order valence-corrected chi connectivity index (χ1v) is 7.76. The van der Waals surface area contributed by atoms with E-state index < -0.39 is 60.7 Å². The molecule has 0 aromatic heterocycles. The molecule has 2 aliphatic carbocycles. The van der Waals surface area contributed by atoms with Crippen LogP contribution in [0.3, 0.4) is 0 Å². The van der Waals surface area contributed by atoms with Gasteiger partial charge in [-0.25, -0.2) is 0 Å². The maximum absolute atomic E-state index is 9.94. The van der Waals surface area contributed by atoms with E-state index in [2.05, 4.69) is 0 Å². The third-order valence-corrected chi connectivity index (χ3v) is 4.98. The van der Waals surface area contributed by atoms with Gasteiger partial charge in [-0.05, 0) is 12.8 Å². The van der Waals surface area contributed by atoms with Gasteiger partial charge >= 0.3 is 0 Å². The number of hydrogen-bond acceptors (Lipinski definition) is 9. The summed E-state index contributed by atoms with van der Waals surface area (Å²) in [4.78, 5) is 0. The zero-order valence-corrected chi connectivity index (χ0v) is 12.6. The van der Waals surface area contributed by atoms with Gasteiger partial charge in [0.05, 0.1) is 31.0 Å². The predicted octanol–water partition coefficient (Wildman–Crippen LogP) is -4.07. The SMILES string of the molecule is OC[C@H]1C[C@H](OC[C@H]2C[C@@H](O)[C@H](O)[C@@H](O)[C@@H]2O)[C@H](O)[C@@H](O)[C@@H]1O. The van der Waals surface area contributed by atoms with E-state index in [1.165, 1.54) is 0 Å². The minimum Gasteiger partial charge on any atom is -0.396 e. The molecule has 0 radical (unpaired) electrons. The number of rotatable bonds is 4. The van der Waals surface area contributed by atoms with E-state index >= 15 is 0 Å². The zero-order valence-electron chi connectivity index (χ0n) is 12.6. The van der Waals surface area contributed by atoms with Crippen LogP contribution in [0.2, 0.25) is 0 Å². The largest absolute Gasteiger partial charge is 0.396 e. The molecule has 136 valence electrons. The van der Waals surface area contributed by atoms with Crippen LogP contribution in [0, 0.1) is 11.8 Å². The van der Waals surface area contributed by atoms with Crippen molar-refractivity contribution in [2.24, 2.45) is 11.8 Å². The summed E-state index contributed by atoms with van der Waals surface area (Å²) in [5, 5.41) is 77.4. The predicted molar refractivity (Wildman–Crippen MR) is 75.1 cm³/mol. The normalized spacial score (nSPS) is 51.7. The van der Waals surface area contributed by atoms with Crippen molar-refractivity contribution in [1.29, 1.82) is 0 Å². The lowest BCUT2D eigenvalue weighted by Gasteiger charge is -2.42. The van der Waals surface area contributed by atoms with Gasteiger partial charge in [0, 0.05) is 18.4 Å². The van der Waals surface area contributed by atoms with Crippen LogP contribution in [0.15, 0.2) is 0 Å². The Bertz CT molecular complexity index is 379. The fourth-order valence-corrected chi connectivity index (χ4v) is 3.34. The third-order valence-electron chi connectivity index (χ3n) is 4.98. The van der Waals surface area contributed by atoms with E-state index in [1.54, 1.807) is 0 Å². The Morgan fingerprint density at radius 2 is 1.22 bits per heavy atom. The van der Waals surface area contributed by atoms with E-state index in [0.717, 1.165) is 0 Å². The highest BCUT2D eigenvalue weighted by Gasteiger charge is 2.45. The number of hydrogen-bond donors (Lipinski definition) is 8. The highest BCUT2D eigenvalue weighted by atomic mass is 16.5. The summed E-state index contributed by atoms with van der Waals surface area (Å²) < 4.78 is 5.49. The molecule has 9 heteroatoms. The fraction of sp³-hybridized carbons (Fsp3) is 1.00. The average molecular weight is 338 g/mol. The first kappa shape index (κ1) is 19.0. The van der Waals surface area contributed by atoms with Crippen LogP contribution in [-0.2, 0) is 4.74 Å². The first-order chi connectivity index (χ1) is 10.8. The lowest BCUT2D eigenvalue weighted by molar-refractivity contribution is -0.199. The summed E-state index contributed by atoms with van der Waals surface area (Å²) >= 11 is 0. The molecule has 0 aromatic rings. The first-order valence-electron chi connectivity index (χ1n) is 7.76.